The molecule has 0 spiro atoms. The van der Waals surface area contributed by atoms with Gasteiger partial charge >= 0.3 is 0 Å². The van der Waals surface area contributed by atoms with Gasteiger partial charge in [0.05, 0.1) is 0 Å². The highest BCUT2D eigenvalue weighted by molar-refractivity contribution is 14.1. The van der Waals surface area contributed by atoms with Crippen molar-refractivity contribution in [3.05, 3.63) is 0 Å². The lowest BCUT2D eigenvalue weighted by Crippen LogP contribution is -2.52. The molecule has 0 aliphatic heterocycles. The quantitative estimate of drug-likeness (QED) is 0.342. The van der Waals surface area contributed by atoms with Crippen molar-refractivity contribution in [3.63, 3.8) is 0 Å². The zero-order chi connectivity index (χ0) is 14.0. The Balaban J connectivity index is 1.64. The maximum absolute atomic E-state index is 2.79. The van der Waals surface area contributed by atoms with E-state index in [1.54, 1.807) is 38.5 Å². The standard InChI is InChI=1S/C19H31I/c1-18-11-4-3-5-13(18)6-7-14-15-8-9-17(20)19(15,2)12-10-16(14)18/h13-17H,3-12H2,1-2H3/t13?,14-,15-,16-,17?,18-,19-/m0/s1. The van der Waals surface area contributed by atoms with E-state index in [1.807, 2.05) is 0 Å². The molecule has 0 bridgehead atoms. The highest BCUT2D eigenvalue weighted by Crippen LogP contribution is 2.67. The Hall–Kier alpha value is 0.730. The second kappa shape index (κ2) is 4.86. The Labute approximate surface area is 139 Å². The number of alkyl halides is 1. The first-order valence-corrected chi connectivity index (χ1v) is 10.4. The highest BCUT2D eigenvalue weighted by Gasteiger charge is 2.59. The van der Waals surface area contributed by atoms with E-state index in [2.05, 4.69) is 36.4 Å². The van der Waals surface area contributed by atoms with E-state index < -0.39 is 0 Å². The summed E-state index contributed by atoms with van der Waals surface area (Å²) < 4.78 is 0.961. The molecule has 1 heteroatoms. The minimum absolute atomic E-state index is 0.694. The van der Waals surface area contributed by atoms with Gasteiger partial charge < -0.3 is 0 Å². The molecule has 4 saturated carbocycles. The lowest BCUT2D eigenvalue weighted by molar-refractivity contribution is -0.101. The summed E-state index contributed by atoms with van der Waals surface area (Å²) in [5.74, 6) is 4.33. The molecule has 0 aromatic carbocycles. The van der Waals surface area contributed by atoms with Crippen LogP contribution in [0.25, 0.3) is 0 Å². The molecule has 114 valence electrons. The molecular weight excluding hydrogens is 355 g/mol. The third-order valence-corrected chi connectivity index (χ3v) is 10.5. The van der Waals surface area contributed by atoms with Crippen LogP contribution in [0, 0.1) is 34.5 Å². The van der Waals surface area contributed by atoms with Crippen LogP contribution in [0.3, 0.4) is 0 Å². The summed E-state index contributed by atoms with van der Waals surface area (Å²) >= 11 is 2.79. The topological polar surface area (TPSA) is 0 Å². The molecule has 0 nitrogen and oxygen atoms in total. The highest BCUT2D eigenvalue weighted by atomic mass is 127. The average Bonchev–Trinajstić information content (AvgIpc) is 2.74. The third kappa shape index (κ3) is 1.83. The van der Waals surface area contributed by atoms with Crippen LogP contribution in [0.15, 0.2) is 0 Å². The summed E-state index contributed by atoms with van der Waals surface area (Å²) in [6.07, 6.45) is 15.4. The Bertz CT molecular complexity index is 391. The third-order valence-electron chi connectivity index (χ3n) is 8.47. The molecule has 4 rings (SSSR count). The smallest absolute Gasteiger partial charge is 0.0166 e. The van der Waals surface area contributed by atoms with Crippen LogP contribution >= 0.6 is 22.6 Å². The van der Waals surface area contributed by atoms with E-state index in [4.69, 9.17) is 0 Å². The zero-order valence-electron chi connectivity index (χ0n) is 13.3. The Morgan fingerprint density at radius 3 is 2.40 bits per heavy atom. The molecule has 0 saturated heterocycles. The first-order chi connectivity index (χ1) is 9.56. The SMILES string of the molecule is C[C@]12CCCCC1CC[C@@H]1[C@@H]2CC[C@]2(C)C(I)CC[C@@H]12. The summed E-state index contributed by atoms with van der Waals surface area (Å²) in [6, 6.07) is 0. The largest absolute Gasteiger partial charge is 0.0820 e. The molecule has 0 heterocycles. The second-order valence-corrected chi connectivity index (χ2v) is 10.5. The van der Waals surface area contributed by atoms with Crippen LogP contribution < -0.4 is 0 Å². The maximum Gasteiger partial charge on any atom is 0.0166 e. The van der Waals surface area contributed by atoms with Crippen molar-refractivity contribution in [2.24, 2.45) is 34.5 Å². The fraction of sp³-hybridized carbons (Fsp3) is 1.00. The van der Waals surface area contributed by atoms with Crippen LogP contribution in [-0.4, -0.2) is 3.92 Å². The van der Waals surface area contributed by atoms with Crippen molar-refractivity contribution in [1.29, 1.82) is 0 Å². The van der Waals surface area contributed by atoms with Gasteiger partial charge in [0.25, 0.3) is 0 Å². The molecule has 0 aromatic rings. The number of halogens is 1. The maximum atomic E-state index is 2.79. The Morgan fingerprint density at radius 2 is 1.55 bits per heavy atom. The van der Waals surface area contributed by atoms with E-state index in [1.165, 1.54) is 25.7 Å². The molecule has 0 N–H and O–H groups in total. The van der Waals surface area contributed by atoms with E-state index in [9.17, 15) is 0 Å². The van der Waals surface area contributed by atoms with Gasteiger partial charge in [-0.05, 0) is 85.9 Å². The summed E-state index contributed by atoms with van der Waals surface area (Å²) in [5, 5.41) is 0. The van der Waals surface area contributed by atoms with Crippen molar-refractivity contribution < 1.29 is 0 Å². The monoisotopic (exact) mass is 386 g/mol. The fourth-order valence-electron chi connectivity index (χ4n) is 7.23. The Morgan fingerprint density at radius 1 is 0.750 bits per heavy atom. The predicted octanol–water partition coefficient (Wildman–Crippen LogP) is 6.22. The molecule has 4 fully saturated rings. The minimum atomic E-state index is 0.694. The van der Waals surface area contributed by atoms with Gasteiger partial charge in [0.2, 0.25) is 0 Å². The molecule has 4 aliphatic rings. The summed E-state index contributed by atoms with van der Waals surface area (Å²) in [5.41, 5.74) is 1.42. The lowest BCUT2D eigenvalue weighted by Gasteiger charge is -2.60. The average molecular weight is 386 g/mol. The van der Waals surface area contributed by atoms with Crippen molar-refractivity contribution in [2.45, 2.75) is 82.0 Å². The number of rotatable bonds is 0. The molecular formula is C19H31I. The summed E-state index contributed by atoms with van der Waals surface area (Å²) in [7, 11) is 0. The van der Waals surface area contributed by atoms with Crippen LogP contribution in [0.5, 0.6) is 0 Å². The molecule has 20 heavy (non-hydrogen) atoms. The second-order valence-electron chi connectivity index (χ2n) is 8.99. The van der Waals surface area contributed by atoms with E-state index >= 15 is 0 Å². The predicted molar refractivity (Wildman–Crippen MR) is 94.2 cm³/mol. The zero-order valence-corrected chi connectivity index (χ0v) is 15.5. The van der Waals surface area contributed by atoms with Crippen LogP contribution in [0.4, 0.5) is 0 Å². The van der Waals surface area contributed by atoms with E-state index in [0.717, 1.165) is 33.0 Å². The van der Waals surface area contributed by atoms with E-state index in [-0.39, 0.29) is 0 Å². The molecule has 0 radical (unpaired) electrons. The number of hydrogen-bond donors (Lipinski definition) is 0. The molecule has 4 aliphatic carbocycles. The van der Waals surface area contributed by atoms with Gasteiger partial charge in [-0.2, -0.15) is 0 Å². The molecule has 0 amide bonds. The molecule has 0 aromatic heterocycles. The van der Waals surface area contributed by atoms with E-state index in [0.29, 0.717) is 5.41 Å². The van der Waals surface area contributed by atoms with Gasteiger partial charge in [-0.15, -0.1) is 0 Å². The first kappa shape index (κ1) is 14.3. The van der Waals surface area contributed by atoms with Gasteiger partial charge in [-0.3, -0.25) is 0 Å². The van der Waals surface area contributed by atoms with Gasteiger partial charge in [-0.1, -0.05) is 49.3 Å². The van der Waals surface area contributed by atoms with Crippen molar-refractivity contribution in [2.75, 3.05) is 0 Å². The van der Waals surface area contributed by atoms with Crippen LogP contribution in [-0.2, 0) is 0 Å². The van der Waals surface area contributed by atoms with Gasteiger partial charge in [0.15, 0.2) is 0 Å². The van der Waals surface area contributed by atoms with Crippen LogP contribution in [0.1, 0.15) is 78.1 Å². The van der Waals surface area contributed by atoms with Gasteiger partial charge in [-0.25, -0.2) is 0 Å². The Kier molecular flexibility index (Phi) is 3.48. The first-order valence-electron chi connectivity index (χ1n) is 9.20. The van der Waals surface area contributed by atoms with Crippen molar-refractivity contribution >= 4 is 22.6 Å². The summed E-state index contributed by atoms with van der Waals surface area (Å²) in [4.78, 5) is 0. The fourth-order valence-corrected chi connectivity index (χ4v) is 8.36. The number of fused-ring (bicyclic) bond motifs is 5. The molecule has 2 unspecified atom stereocenters. The summed E-state index contributed by atoms with van der Waals surface area (Å²) in [6.45, 7) is 5.35. The van der Waals surface area contributed by atoms with Crippen molar-refractivity contribution in [1.82, 2.24) is 0 Å². The number of hydrogen-bond acceptors (Lipinski definition) is 0. The minimum Gasteiger partial charge on any atom is -0.0820 e. The lowest BCUT2D eigenvalue weighted by atomic mass is 9.45. The molecule has 7 atom stereocenters. The van der Waals surface area contributed by atoms with Crippen molar-refractivity contribution in [3.8, 4) is 0 Å². The van der Waals surface area contributed by atoms with Gasteiger partial charge in [0, 0.05) is 3.92 Å². The van der Waals surface area contributed by atoms with Gasteiger partial charge in [0.1, 0.15) is 0 Å². The normalized spacial score (nSPS) is 58.6. The van der Waals surface area contributed by atoms with Crippen LogP contribution in [0.2, 0.25) is 0 Å².